The Kier molecular flexibility index (Phi) is 3.04. The third-order valence-electron chi connectivity index (χ3n) is 3.91. The number of amides is 2. The highest BCUT2D eigenvalue weighted by atomic mass is 16.7. The molecular formula is C16H10N4O5. The van der Waals surface area contributed by atoms with Gasteiger partial charge in [0.05, 0.1) is 11.1 Å². The van der Waals surface area contributed by atoms with Gasteiger partial charge in [-0.2, -0.15) is 5.10 Å². The van der Waals surface area contributed by atoms with Crippen LogP contribution in [0, 0.1) is 6.92 Å². The average Bonchev–Trinajstić information content (AvgIpc) is 3.07. The minimum atomic E-state index is -1.11. The largest absolute Gasteiger partial charge is 0.369 e. The highest BCUT2D eigenvalue weighted by Gasteiger charge is 2.39. The van der Waals surface area contributed by atoms with Crippen LogP contribution in [0.4, 0.5) is 0 Å². The van der Waals surface area contributed by atoms with Gasteiger partial charge in [0.15, 0.2) is 5.65 Å². The van der Waals surface area contributed by atoms with Crippen molar-refractivity contribution in [2.24, 2.45) is 0 Å². The molecule has 2 N–H and O–H groups in total. The fourth-order valence-electron chi connectivity index (χ4n) is 2.63. The molecule has 25 heavy (non-hydrogen) atoms. The second-order valence-corrected chi connectivity index (χ2v) is 5.45. The molecule has 0 saturated heterocycles. The molecule has 1 aromatic carbocycles. The number of nitrogens with zero attached hydrogens (tertiary/aromatic N) is 2. The van der Waals surface area contributed by atoms with Gasteiger partial charge in [0.2, 0.25) is 0 Å². The molecule has 2 aromatic heterocycles. The van der Waals surface area contributed by atoms with E-state index >= 15 is 0 Å². The van der Waals surface area contributed by atoms with Crippen molar-refractivity contribution in [2.45, 2.75) is 6.92 Å². The molecule has 0 saturated carbocycles. The van der Waals surface area contributed by atoms with Crippen LogP contribution in [0.15, 0.2) is 35.1 Å². The Morgan fingerprint density at radius 2 is 1.76 bits per heavy atom. The molecule has 1 aliphatic rings. The zero-order chi connectivity index (χ0) is 17.7. The molecular weight excluding hydrogens is 328 g/mol. The Morgan fingerprint density at radius 3 is 2.40 bits per heavy atom. The van der Waals surface area contributed by atoms with Crippen molar-refractivity contribution in [1.29, 1.82) is 0 Å². The summed E-state index contributed by atoms with van der Waals surface area (Å²) in [5.41, 5.74) is 0.126. The fourth-order valence-corrected chi connectivity index (χ4v) is 2.63. The molecule has 3 aromatic rings. The second kappa shape index (κ2) is 5.13. The Labute approximate surface area is 139 Å². The van der Waals surface area contributed by atoms with Crippen LogP contribution in [0.3, 0.4) is 0 Å². The van der Waals surface area contributed by atoms with Crippen LogP contribution in [0.25, 0.3) is 11.0 Å². The maximum atomic E-state index is 12.3. The summed E-state index contributed by atoms with van der Waals surface area (Å²) >= 11 is 0. The second-order valence-electron chi connectivity index (χ2n) is 5.45. The average molecular weight is 338 g/mol. The molecule has 0 radical (unpaired) electrons. The van der Waals surface area contributed by atoms with E-state index in [2.05, 4.69) is 15.2 Å². The Hall–Kier alpha value is -3.75. The molecule has 9 heteroatoms. The first-order valence-corrected chi connectivity index (χ1v) is 7.25. The molecule has 124 valence electrons. The number of fused-ring (bicyclic) bond motifs is 2. The van der Waals surface area contributed by atoms with Gasteiger partial charge in [-0.3, -0.25) is 19.5 Å². The maximum Gasteiger partial charge on any atom is 0.369 e. The van der Waals surface area contributed by atoms with Crippen molar-refractivity contribution >= 4 is 28.8 Å². The Bertz CT molecular complexity index is 1090. The standard InChI is InChI=1S/C16H10N4O5/c1-7-10-6-11(13(21)17-12(10)19-18-7)16(24)25-20-14(22)8-4-2-3-5-9(8)15(20)23/h2-6H,1H3,(H2,17,18,19,21). The topological polar surface area (TPSA) is 125 Å². The van der Waals surface area contributed by atoms with Crippen molar-refractivity contribution in [2.75, 3.05) is 0 Å². The van der Waals surface area contributed by atoms with E-state index in [0.29, 0.717) is 21.8 Å². The minimum Gasteiger partial charge on any atom is -0.324 e. The van der Waals surface area contributed by atoms with Gasteiger partial charge in [-0.05, 0) is 25.1 Å². The van der Waals surface area contributed by atoms with E-state index in [1.54, 1.807) is 19.1 Å². The highest BCUT2D eigenvalue weighted by Crippen LogP contribution is 2.23. The quantitative estimate of drug-likeness (QED) is 0.670. The van der Waals surface area contributed by atoms with Crippen molar-refractivity contribution in [1.82, 2.24) is 20.2 Å². The van der Waals surface area contributed by atoms with Crippen molar-refractivity contribution in [3.05, 3.63) is 63.1 Å². The zero-order valence-corrected chi connectivity index (χ0v) is 12.8. The molecule has 0 bridgehead atoms. The lowest BCUT2D eigenvalue weighted by molar-refractivity contribution is -0.0585. The predicted octanol–water partition coefficient (Wildman–Crippen LogP) is 0.928. The van der Waals surface area contributed by atoms with Crippen LogP contribution in [-0.2, 0) is 4.84 Å². The van der Waals surface area contributed by atoms with Crippen molar-refractivity contribution < 1.29 is 19.2 Å². The molecule has 2 amide bonds. The summed E-state index contributed by atoms with van der Waals surface area (Å²) in [4.78, 5) is 56.1. The highest BCUT2D eigenvalue weighted by molar-refractivity contribution is 6.21. The number of imide groups is 1. The van der Waals surface area contributed by atoms with Gasteiger partial charge in [0.1, 0.15) is 5.56 Å². The first-order valence-electron chi connectivity index (χ1n) is 7.25. The normalized spacial score (nSPS) is 13.4. The molecule has 0 aliphatic carbocycles. The molecule has 1 aliphatic heterocycles. The number of aryl methyl sites for hydroxylation is 1. The number of pyridine rings is 1. The SMILES string of the molecule is Cc1[nH]nc2[nH]c(=O)c(C(=O)ON3C(=O)c4ccccc4C3=O)cc12. The first kappa shape index (κ1) is 14.8. The number of carbonyl (C=O) groups excluding carboxylic acids is 3. The number of aromatic amines is 2. The summed E-state index contributed by atoms with van der Waals surface area (Å²) in [5, 5.41) is 7.44. The molecule has 0 spiro atoms. The van der Waals surface area contributed by atoms with Gasteiger partial charge in [0.25, 0.3) is 17.4 Å². The number of rotatable bonds is 2. The third-order valence-corrected chi connectivity index (χ3v) is 3.91. The van der Waals surface area contributed by atoms with Crippen LogP contribution in [0.5, 0.6) is 0 Å². The van der Waals surface area contributed by atoms with Crippen molar-refractivity contribution in [3.8, 4) is 0 Å². The lowest BCUT2D eigenvalue weighted by atomic mass is 10.1. The van der Waals surface area contributed by atoms with Gasteiger partial charge in [0, 0.05) is 11.1 Å². The third kappa shape index (κ3) is 2.13. The van der Waals surface area contributed by atoms with Crippen LogP contribution in [-0.4, -0.2) is 38.0 Å². The van der Waals surface area contributed by atoms with Crippen LogP contribution >= 0.6 is 0 Å². The number of aromatic nitrogens is 3. The molecule has 9 nitrogen and oxygen atoms in total. The lowest BCUT2D eigenvalue weighted by Crippen LogP contribution is -2.34. The number of hydrogen-bond acceptors (Lipinski definition) is 6. The summed E-state index contributed by atoms with van der Waals surface area (Å²) < 4.78 is 0. The smallest absolute Gasteiger partial charge is 0.324 e. The van der Waals surface area contributed by atoms with Crippen LogP contribution in [0.1, 0.15) is 36.8 Å². The fraction of sp³-hybridized carbons (Fsp3) is 0.0625. The Morgan fingerprint density at radius 1 is 1.12 bits per heavy atom. The summed E-state index contributed by atoms with van der Waals surface area (Å²) in [5.74, 6) is -2.63. The van der Waals surface area contributed by atoms with E-state index in [9.17, 15) is 19.2 Å². The van der Waals surface area contributed by atoms with E-state index in [1.807, 2.05) is 0 Å². The monoisotopic (exact) mass is 338 g/mol. The van der Waals surface area contributed by atoms with Gasteiger partial charge >= 0.3 is 5.97 Å². The summed E-state index contributed by atoms with van der Waals surface area (Å²) in [7, 11) is 0. The first-order chi connectivity index (χ1) is 12.0. The Balaban J connectivity index is 1.69. The summed E-state index contributed by atoms with van der Waals surface area (Å²) in [6.45, 7) is 1.72. The molecule has 0 atom stereocenters. The number of benzene rings is 1. The lowest BCUT2D eigenvalue weighted by Gasteiger charge is -2.12. The molecule has 4 rings (SSSR count). The van der Waals surface area contributed by atoms with Crippen LogP contribution < -0.4 is 5.56 Å². The van der Waals surface area contributed by atoms with Gasteiger partial charge in [-0.25, -0.2) is 4.79 Å². The van der Waals surface area contributed by atoms with Crippen LogP contribution in [0.2, 0.25) is 0 Å². The van der Waals surface area contributed by atoms with E-state index in [4.69, 9.17) is 4.84 Å². The zero-order valence-electron chi connectivity index (χ0n) is 12.8. The van der Waals surface area contributed by atoms with Crippen molar-refractivity contribution in [3.63, 3.8) is 0 Å². The number of hydrogen-bond donors (Lipinski definition) is 2. The summed E-state index contributed by atoms with van der Waals surface area (Å²) in [6, 6.07) is 7.40. The van der Waals surface area contributed by atoms with Gasteiger partial charge in [-0.1, -0.05) is 17.2 Å². The minimum absolute atomic E-state index is 0.135. The molecule has 0 fully saturated rings. The molecule has 0 unspecified atom stereocenters. The number of carbonyl (C=O) groups is 3. The predicted molar refractivity (Wildman–Crippen MR) is 83.8 cm³/mol. The van der Waals surface area contributed by atoms with Gasteiger partial charge < -0.3 is 9.82 Å². The van der Waals surface area contributed by atoms with Gasteiger partial charge in [-0.15, -0.1) is 0 Å². The summed E-state index contributed by atoms with van der Waals surface area (Å²) in [6.07, 6.45) is 0. The van der Waals surface area contributed by atoms with E-state index in [-0.39, 0.29) is 16.7 Å². The number of hydroxylamine groups is 2. The number of H-pyrrole nitrogens is 2. The maximum absolute atomic E-state index is 12.3. The molecule has 3 heterocycles. The van der Waals surface area contributed by atoms with E-state index in [1.165, 1.54) is 18.2 Å². The number of nitrogens with one attached hydrogen (secondary N) is 2. The van der Waals surface area contributed by atoms with E-state index < -0.39 is 23.3 Å². The van der Waals surface area contributed by atoms with E-state index in [0.717, 1.165) is 0 Å².